The van der Waals surface area contributed by atoms with Crippen LogP contribution < -0.4 is 15.1 Å². The van der Waals surface area contributed by atoms with Gasteiger partial charge in [0.05, 0.1) is 0 Å². The van der Waals surface area contributed by atoms with E-state index in [9.17, 15) is 14.0 Å². The lowest BCUT2D eigenvalue weighted by atomic mass is 9.96. The van der Waals surface area contributed by atoms with E-state index in [1.165, 1.54) is 28.4 Å². The number of quaternary nitrogens is 2. The topological polar surface area (TPSA) is 58.3 Å². The van der Waals surface area contributed by atoms with Gasteiger partial charge in [0.15, 0.2) is 12.6 Å². The smallest absolute Gasteiger partial charge is 0.281 e. The first-order valence-corrected chi connectivity index (χ1v) is 10.9. The van der Waals surface area contributed by atoms with Crippen molar-refractivity contribution < 1.29 is 23.8 Å². The highest BCUT2D eigenvalue weighted by Gasteiger charge is 2.38. The molecule has 2 heterocycles. The second-order valence-corrected chi connectivity index (χ2v) is 8.74. The SMILES string of the molecule is C[C@@H]1CCC[C@@H](C)N1C(=O)[C@@H](C)[NH+]1CC[NH+](CC(=O)Nc2ccc(F)cc2)CC1. The fraction of sp³-hybridized carbons (Fsp3) is 0.636. The number of benzene rings is 1. The van der Waals surface area contributed by atoms with E-state index in [0.717, 1.165) is 39.0 Å². The Bertz CT molecular complexity index is 693. The van der Waals surface area contributed by atoms with Gasteiger partial charge in [0.1, 0.15) is 32.0 Å². The number of amides is 2. The fourth-order valence-corrected chi connectivity index (χ4v) is 4.75. The lowest BCUT2D eigenvalue weighted by Gasteiger charge is -2.42. The third-order valence-corrected chi connectivity index (χ3v) is 6.57. The van der Waals surface area contributed by atoms with Crippen LogP contribution in [0.4, 0.5) is 10.1 Å². The summed E-state index contributed by atoms with van der Waals surface area (Å²) in [4.78, 5) is 30.0. The summed E-state index contributed by atoms with van der Waals surface area (Å²) < 4.78 is 13.0. The highest BCUT2D eigenvalue weighted by molar-refractivity contribution is 5.91. The van der Waals surface area contributed by atoms with Gasteiger partial charge in [0.25, 0.3) is 11.8 Å². The van der Waals surface area contributed by atoms with Crippen LogP contribution in [0.25, 0.3) is 0 Å². The molecular weight excluding hydrogens is 371 g/mol. The van der Waals surface area contributed by atoms with Gasteiger partial charge in [-0.3, -0.25) is 9.59 Å². The van der Waals surface area contributed by atoms with Crippen molar-refractivity contribution in [2.75, 3.05) is 38.0 Å². The lowest BCUT2D eigenvalue weighted by molar-refractivity contribution is -1.02. The predicted molar refractivity (Wildman–Crippen MR) is 110 cm³/mol. The molecule has 3 rings (SSSR count). The van der Waals surface area contributed by atoms with Crippen molar-refractivity contribution in [3.63, 3.8) is 0 Å². The fourth-order valence-electron chi connectivity index (χ4n) is 4.75. The molecule has 1 aromatic carbocycles. The van der Waals surface area contributed by atoms with Crippen LogP contribution in [0.5, 0.6) is 0 Å². The molecule has 3 atom stereocenters. The summed E-state index contributed by atoms with van der Waals surface area (Å²) in [6.45, 7) is 10.3. The molecule has 0 aliphatic carbocycles. The Labute approximate surface area is 173 Å². The first kappa shape index (κ1) is 21.7. The molecule has 7 heteroatoms. The van der Waals surface area contributed by atoms with Gasteiger partial charge < -0.3 is 20.0 Å². The molecule has 6 nitrogen and oxygen atoms in total. The minimum atomic E-state index is -0.315. The molecule has 3 N–H and O–H groups in total. The Morgan fingerprint density at radius 2 is 1.69 bits per heavy atom. The number of halogens is 1. The quantitative estimate of drug-likeness (QED) is 0.630. The molecule has 2 fully saturated rings. The van der Waals surface area contributed by atoms with E-state index in [4.69, 9.17) is 0 Å². The maximum atomic E-state index is 13.1. The van der Waals surface area contributed by atoms with E-state index in [-0.39, 0.29) is 23.7 Å². The van der Waals surface area contributed by atoms with Gasteiger partial charge in [0, 0.05) is 17.8 Å². The summed E-state index contributed by atoms with van der Waals surface area (Å²) in [5.41, 5.74) is 0.615. The van der Waals surface area contributed by atoms with Crippen molar-refractivity contribution in [1.82, 2.24) is 4.90 Å². The van der Waals surface area contributed by atoms with E-state index >= 15 is 0 Å². The molecule has 0 unspecified atom stereocenters. The van der Waals surface area contributed by atoms with Gasteiger partial charge >= 0.3 is 0 Å². The number of piperazine rings is 1. The highest BCUT2D eigenvalue weighted by Crippen LogP contribution is 2.22. The maximum Gasteiger partial charge on any atom is 0.281 e. The van der Waals surface area contributed by atoms with Crippen LogP contribution in [0.3, 0.4) is 0 Å². The number of carbonyl (C=O) groups is 2. The van der Waals surface area contributed by atoms with Crippen LogP contribution in [-0.2, 0) is 9.59 Å². The number of nitrogens with one attached hydrogen (secondary N) is 3. The van der Waals surface area contributed by atoms with Crippen molar-refractivity contribution >= 4 is 17.5 Å². The third kappa shape index (κ3) is 5.54. The normalized spacial score (nSPS) is 28.6. The molecule has 0 spiro atoms. The molecule has 2 saturated heterocycles. The van der Waals surface area contributed by atoms with Crippen molar-refractivity contribution in [3.8, 4) is 0 Å². The summed E-state index contributed by atoms with van der Waals surface area (Å²) in [7, 11) is 0. The standard InChI is InChI=1S/C22H33FN4O2/c1-16-5-4-6-17(2)27(16)22(29)18(3)26-13-11-25(12-14-26)15-21(28)24-20-9-7-19(23)8-10-20/h7-10,16-18H,4-6,11-15H2,1-3H3,(H,24,28)/p+2/t16-,17-,18-/m1/s1. The molecule has 2 aliphatic heterocycles. The van der Waals surface area contributed by atoms with Crippen molar-refractivity contribution in [1.29, 1.82) is 0 Å². The first-order valence-electron chi connectivity index (χ1n) is 10.9. The number of hydrogen-bond donors (Lipinski definition) is 3. The number of likely N-dealkylation sites (tertiary alicyclic amines) is 1. The largest absolute Gasteiger partial charge is 0.332 e. The van der Waals surface area contributed by atoms with E-state index in [0.29, 0.717) is 24.3 Å². The molecular formula is C22H35FN4O2+2. The molecule has 2 amide bonds. The Hall–Kier alpha value is -1.99. The van der Waals surface area contributed by atoms with Gasteiger partial charge in [-0.1, -0.05) is 0 Å². The molecule has 1 aromatic rings. The van der Waals surface area contributed by atoms with Gasteiger partial charge in [-0.05, 0) is 64.3 Å². The number of rotatable bonds is 5. The molecule has 0 radical (unpaired) electrons. The minimum Gasteiger partial charge on any atom is -0.332 e. The minimum absolute atomic E-state index is 0.0346. The Kier molecular flexibility index (Phi) is 7.24. The van der Waals surface area contributed by atoms with Crippen LogP contribution in [0.15, 0.2) is 24.3 Å². The number of piperidine rings is 1. The van der Waals surface area contributed by atoms with E-state index in [1.807, 2.05) is 0 Å². The molecule has 0 saturated carbocycles. The van der Waals surface area contributed by atoms with Gasteiger partial charge in [-0.25, -0.2) is 4.39 Å². The van der Waals surface area contributed by atoms with Crippen molar-refractivity contribution in [2.24, 2.45) is 0 Å². The Morgan fingerprint density at radius 1 is 1.10 bits per heavy atom. The van der Waals surface area contributed by atoms with E-state index in [1.54, 1.807) is 12.1 Å². The van der Waals surface area contributed by atoms with Crippen molar-refractivity contribution in [2.45, 2.75) is 58.2 Å². The summed E-state index contributed by atoms with van der Waals surface area (Å²) in [6.07, 6.45) is 3.40. The van der Waals surface area contributed by atoms with Gasteiger partial charge in [-0.2, -0.15) is 0 Å². The number of nitrogens with zero attached hydrogens (tertiary/aromatic N) is 1. The Balaban J connectivity index is 1.46. The van der Waals surface area contributed by atoms with E-state index in [2.05, 4.69) is 31.0 Å². The Morgan fingerprint density at radius 3 is 2.28 bits per heavy atom. The van der Waals surface area contributed by atoms with Crippen molar-refractivity contribution in [3.05, 3.63) is 30.1 Å². The zero-order valence-electron chi connectivity index (χ0n) is 17.8. The number of anilines is 1. The van der Waals surface area contributed by atoms with E-state index < -0.39 is 0 Å². The molecule has 0 aromatic heterocycles. The predicted octanol–water partition coefficient (Wildman–Crippen LogP) is -0.274. The summed E-state index contributed by atoms with van der Waals surface area (Å²) >= 11 is 0. The highest BCUT2D eigenvalue weighted by atomic mass is 19.1. The van der Waals surface area contributed by atoms with Crippen LogP contribution in [-0.4, -0.2) is 67.6 Å². The van der Waals surface area contributed by atoms with Crippen LogP contribution >= 0.6 is 0 Å². The second-order valence-electron chi connectivity index (χ2n) is 8.74. The molecule has 29 heavy (non-hydrogen) atoms. The van der Waals surface area contributed by atoms with Crippen LogP contribution in [0.1, 0.15) is 40.0 Å². The first-order chi connectivity index (χ1) is 13.8. The summed E-state index contributed by atoms with van der Waals surface area (Å²) in [5.74, 6) is -0.0999. The van der Waals surface area contributed by atoms with Gasteiger partial charge in [0.2, 0.25) is 0 Å². The number of hydrogen-bond acceptors (Lipinski definition) is 2. The third-order valence-electron chi connectivity index (χ3n) is 6.57. The molecule has 160 valence electrons. The summed E-state index contributed by atoms with van der Waals surface area (Å²) in [5, 5.41) is 2.83. The second kappa shape index (κ2) is 9.67. The zero-order chi connectivity index (χ0) is 21.0. The van der Waals surface area contributed by atoms with Crippen LogP contribution in [0, 0.1) is 5.82 Å². The average Bonchev–Trinajstić information content (AvgIpc) is 2.69. The molecule has 0 bridgehead atoms. The maximum absolute atomic E-state index is 13.1. The zero-order valence-corrected chi connectivity index (χ0v) is 17.8. The molecule has 2 aliphatic rings. The number of carbonyl (C=O) groups excluding carboxylic acids is 2. The summed E-state index contributed by atoms with van der Waals surface area (Å²) in [6, 6.07) is 6.44. The van der Waals surface area contributed by atoms with Crippen LogP contribution in [0.2, 0.25) is 0 Å². The lowest BCUT2D eigenvalue weighted by Crippen LogP contribution is -3.30. The van der Waals surface area contributed by atoms with Gasteiger partial charge in [-0.15, -0.1) is 0 Å². The average molecular weight is 407 g/mol. The monoisotopic (exact) mass is 406 g/mol.